The smallest absolute Gasteiger partial charge is 0.253 e. The molecule has 108 valence electrons. The summed E-state index contributed by atoms with van der Waals surface area (Å²) < 4.78 is 12.9. The molecule has 0 radical (unpaired) electrons. The van der Waals surface area contributed by atoms with Crippen LogP contribution in [0.3, 0.4) is 0 Å². The predicted octanol–water partition coefficient (Wildman–Crippen LogP) is 2.53. The van der Waals surface area contributed by atoms with E-state index in [0.29, 0.717) is 11.6 Å². The largest absolute Gasteiger partial charge is 0.339 e. The van der Waals surface area contributed by atoms with Crippen molar-refractivity contribution in [1.82, 2.24) is 9.80 Å². The van der Waals surface area contributed by atoms with Crippen LogP contribution in [0.4, 0.5) is 4.39 Å². The van der Waals surface area contributed by atoms with E-state index in [1.165, 1.54) is 38.1 Å². The molecule has 0 atom stereocenters. The Balaban J connectivity index is 1.57. The van der Waals surface area contributed by atoms with Gasteiger partial charge in [0.25, 0.3) is 5.91 Å². The highest BCUT2D eigenvalue weighted by Gasteiger charge is 2.28. The van der Waals surface area contributed by atoms with Crippen LogP contribution in [0, 0.1) is 5.82 Å². The van der Waals surface area contributed by atoms with E-state index in [1.807, 2.05) is 4.90 Å². The molecule has 3 nitrogen and oxygen atoms in total. The SMILES string of the molecule is O=C(c1ccc(F)cc1)N1CCC(N2CCCC2)CC1. The minimum atomic E-state index is -0.297. The number of rotatable bonds is 2. The van der Waals surface area contributed by atoms with E-state index in [1.54, 1.807) is 12.1 Å². The minimum absolute atomic E-state index is 0.0323. The van der Waals surface area contributed by atoms with Crippen molar-refractivity contribution in [2.45, 2.75) is 31.7 Å². The lowest BCUT2D eigenvalue weighted by Crippen LogP contribution is -2.45. The third-order valence-corrected chi connectivity index (χ3v) is 4.50. The minimum Gasteiger partial charge on any atom is -0.339 e. The molecule has 0 N–H and O–H groups in total. The van der Waals surface area contributed by atoms with Gasteiger partial charge in [-0.3, -0.25) is 4.79 Å². The first kappa shape index (κ1) is 13.6. The van der Waals surface area contributed by atoms with Crippen molar-refractivity contribution in [1.29, 1.82) is 0 Å². The summed E-state index contributed by atoms with van der Waals surface area (Å²) in [6.07, 6.45) is 4.75. The highest BCUT2D eigenvalue weighted by molar-refractivity contribution is 5.94. The van der Waals surface area contributed by atoms with Gasteiger partial charge in [-0.15, -0.1) is 0 Å². The summed E-state index contributed by atoms with van der Waals surface area (Å²) in [5, 5.41) is 0. The molecule has 0 aliphatic carbocycles. The normalized spacial score (nSPS) is 21.4. The van der Waals surface area contributed by atoms with Crippen LogP contribution in [0.1, 0.15) is 36.0 Å². The number of hydrogen-bond donors (Lipinski definition) is 0. The monoisotopic (exact) mass is 276 g/mol. The van der Waals surface area contributed by atoms with Crippen LogP contribution in [0.15, 0.2) is 24.3 Å². The van der Waals surface area contributed by atoms with Crippen LogP contribution >= 0.6 is 0 Å². The molecule has 0 unspecified atom stereocenters. The van der Waals surface area contributed by atoms with Crippen molar-refractivity contribution in [2.75, 3.05) is 26.2 Å². The predicted molar refractivity (Wildman–Crippen MR) is 76.1 cm³/mol. The molecule has 0 bridgehead atoms. The van der Waals surface area contributed by atoms with Crippen molar-refractivity contribution in [2.24, 2.45) is 0 Å². The zero-order valence-corrected chi connectivity index (χ0v) is 11.7. The van der Waals surface area contributed by atoms with E-state index in [4.69, 9.17) is 0 Å². The third-order valence-electron chi connectivity index (χ3n) is 4.50. The van der Waals surface area contributed by atoms with E-state index in [0.717, 1.165) is 25.9 Å². The van der Waals surface area contributed by atoms with E-state index < -0.39 is 0 Å². The molecular formula is C16H21FN2O. The Morgan fingerprint density at radius 2 is 1.60 bits per heavy atom. The second-order valence-corrected chi connectivity index (χ2v) is 5.77. The van der Waals surface area contributed by atoms with E-state index in [9.17, 15) is 9.18 Å². The van der Waals surface area contributed by atoms with Crippen LogP contribution in [0.2, 0.25) is 0 Å². The van der Waals surface area contributed by atoms with Crippen molar-refractivity contribution >= 4 is 5.91 Å². The van der Waals surface area contributed by atoms with Crippen molar-refractivity contribution < 1.29 is 9.18 Å². The van der Waals surface area contributed by atoms with E-state index in [-0.39, 0.29) is 11.7 Å². The molecule has 20 heavy (non-hydrogen) atoms. The van der Waals surface area contributed by atoms with Crippen LogP contribution in [-0.2, 0) is 0 Å². The van der Waals surface area contributed by atoms with Gasteiger partial charge in [0.15, 0.2) is 0 Å². The van der Waals surface area contributed by atoms with Gasteiger partial charge in [-0.1, -0.05) is 0 Å². The first-order valence-corrected chi connectivity index (χ1v) is 7.53. The molecule has 0 aromatic heterocycles. The Morgan fingerprint density at radius 3 is 2.20 bits per heavy atom. The van der Waals surface area contributed by atoms with Crippen molar-refractivity contribution in [3.63, 3.8) is 0 Å². The summed E-state index contributed by atoms with van der Waals surface area (Å²) in [5.74, 6) is -0.265. The van der Waals surface area contributed by atoms with Gasteiger partial charge >= 0.3 is 0 Å². The molecule has 2 heterocycles. The first-order valence-electron chi connectivity index (χ1n) is 7.53. The van der Waals surface area contributed by atoms with E-state index in [2.05, 4.69) is 4.90 Å². The lowest BCUT2D eigenvalue weighted by molar-refractivity contribution is 0.0644. The average molecular weight is 276 g/mol. The number of benzene rings is 1. The molecule has 0 saturated carbocycles. The number of amides is 1. The molecular weight excluding hydrogens is 255 g/mol. The van der Waals surface area contributed by atoms with Crippen LogP contribution in [-0.4, -0.2) is 47.9 Å². The molecule has 2 aliphatic rings. The van der Waals surface area contributed by atoms with Gasteiger partial charge in [0.1, 0.15) is 5.82 Å². The van der Waals surface area contributed by atoms with Gasteiger partial charge in [-0.05, 0) is 63.0 Å². The van der Waals surface area contributed by atoms with Crippen molar-refractivity contribution in [3.05, 3.63) is 35.6 Å². The number of carbonyl (C=O) groups is 1. The molecule has 1 amide bonds. The second kappa shape index (κ2) is 5.92. The number of piperidine rings is 1. The molecule has 2 saturated heterocycles. The average Bonchev–Trinajstić information content (AvgIpc) is 3.02. The van der Waals surface area contributed by atoms with Gasteiger partial charge in [-0.2, -0.15) is 0 Å². The molecule has 1 aromatic carbocycles. The Labute approximate surface area is 119 Å². The Morgan fingerprint density at radius 1 is 1.00 bits per heavy atom. The Hall–Kier alpha value is -1.42. The standard InChI is InChI=1S/C16H21FN2O/c17-14-5-3-13(4-6-14)16(20)19-11-7-15(8-12-19)18-9-1-2-10-18/h3-6,15H,1-2,7-12H2. The van der Waals surface area contributed by atoms with Gasteiger partial charge in [0.05, 0.1) is 0 Å². The fourth-order valence-corrected chi connectivity index (χ4v) is 3.32. The fraction of sp³-hybridized carbons (Fsp3) is 0.562. The summed E-state index contributed by atoms with van der Waals surface area (Å²) in [6.45, 7) is 4.07. The molecule has 4 heteroatoms. The maximum atomic E-state index is 12.9. The fourth-order valence-electron chi connectivity index (χ4n) is 3.32. The second-order valence-electron chi connectivity index (χ2n) is 5.77. The molecule has 3 rings (SSSR count). The van der Waals surface area contributed by atoms with Crippen LogP contribution < -0.4 is 0 Å². The quantitative estimate of drug-likeness (QED) is 0.828. The third kappa shape index (κ3) is 2.85. The van der Waals surface area contributed by atoms with Crippen LogP contribution in [0.5, 0.6) is 0 Å². The summed E-state index contributed by atoms with van der Waals surface area (Å²) >= 11 is 0. The van der Waals surface area contributed by atoms with Gasteiger partial charge < -0.3 is 9.80 Å². The molecule has 2 fully saturated rings. The summed E-state index contributed by atoms with van der Waals surface area (Å²) in [7, 11) is 0. The lowest BCUT2D eigenvalue weighted by atomic mass is 10.0. The first-order chi connectivity index (χ1) is 9.74. The number of halogens is 1. The maximum absolute atomic E-state index is 12.9. The zero-order valence-electron chi connectivity index (χ0n) is 11.7. The zero-order chi connectivity index (χ0) is 13.9. The maximum Gasteiger partial charge on any atom is 0.253 e. The highest BCUT2D eigenvalue weighted by Crippen LogP contribution is 2.22. The van der Waals surface area contributed by atoms with Crippen LogP contribution in [0.25, 0.3) is 0 Å². The highest BCUT2D eigenvalue weighted by atomic mass is 19.1. The number of hydrogen-bond acceptors (Lipinski definition) is 2. The van der Waals surface area contributed by atoms with Crippen molar-refractivity contribution in [3.8, 4) is 0 Å². The summed E-state index contributed by atoms with van der Waals surface area (Å²) in [4.78, 5) is 16.8. The number of carbonyl (C=O) groups excluding carboxylic acids is 1. The summed E-state index contributed by atoms with van der Waals surface area (Å²) in [5.41, 5.74) is 0.589. The molecule has 0 spiro atoms. The molecule has 1 aromatic rings. The number of nitrogens with zero attached hydrogens (tertiary/aromatic N) is 2. The number of likely N-dealkylation sites (tertiary alicyclic amines) is 2. The summed E-state index contributed by atoms with van der Waals surface area (Å²) in [6, 6.07) is 6.50. The van der Waals surface area contributed by atoms with E-state index >= 15 is 0 Å². The van der Waals surface area contributed by atoms with Gasteiger partial charge in [0, 0.05) is 24.7 Å². The lowest BCUT2D eigenvalue weighted by Gasteiger charge is -2.36. The van der Waals surface area contributed by atoms with Gasteiger partial charge in [-0.25, -0.2) is 4.39 Å². The molecule has 2 aliphatic heterocycles. The van der Waals surface area contributed by atoms with Gasteiger partial charge in [0.2, 0.25) is 0 Å². The Bertz CT molecular complexity index is 460. The Kier molecular flexibility index (Phi) is 4.01. The topological polar surface area (TPSA) is 23.6 Å².